The Balaban J connectivity index is 2.92. The molecule has 17 heavy (non-hydrogen) atoms. The number of aromatic hydroxyl groups is 1. The van der Waals surface area contributed by atoms with Crippen molar-refractivity contribution in [2.24, 2.45) is 5.92 Å². The largest absolute Gasteiger partial charge is 0.505 e. The molecule has 2 N–H and O–H groups in total. The van der Waals surface area contributed by atoms with Crippen molar-refractivity contribution in [2.45, 2.75) is 25.6 Å². The van der Waals surface area contributed by atoms with E-state index >= 15 is 0 Å². The number of alkyl halides is 1. The van der Waals surface area contributed by atoms with Crippen molar-refractivity contribution < 1.29 is 9.90 Å². The van der Waals surface area contributed by atoms with E-state index in [2.05, 4.69) is 21.2 Å². The quantitative estimate of drug-likeness (QED) is 0.659. The third-order valence-corrected chi connectivity index (χ3v) is 4.05. The molecule has 0 fully saturated rings. The fourth-order valence-corrected chi connectivity index (χ4v) is 1.72. The zero-order valence-corrected chi connectivity index (χ0v) is 12.3. The number of halogens is 2. The van der Waals surface area contributed by atoms with Crippen LogP contribution in [0.5, 0.6) is 5.75 Å². The van der Waals surface area contributed by atoms with E-state index in [1.165, 1.54) is 6.07 Å². The molecular weight excluding hydrogens is 305 g/mol. The Morgan fingerprint density at radius 3 is 2.59 bits per heavy atom. The summed E-state index contributed by atoms with van der Waals surface area (Å²) < 4.78 is 0. The highest BCUT2D eigenvalue weighted by molar-refractivity contribution is 9.10. The molecule has 3 nitrogen and oxygen atoms in total. The highest BCUT2D eigenvalue weighted by Gasteiger charge is 2.20. The van der Waals surface area contributed by atoms with Crippen molar-refractivity contribution in [1.29, 1.82) is 0 Å². The van der Waals surface area contributed by atoms with E-state index in [1.54, 1.807) is 13.0 Å². The van der Waals surface area contributed by atoms with Crippen molar-refractivity contribution in [3.63, 3.8) is 0 Å². The lowest BCUT2D eigenvalue weighted by atomic mass is 10.1. The molecule has 0 aliphatic heterocycles. The second-order valence-corrected chi connectivity index (χ2v) is 5.68. The Bertz CT molecular complexity index is 435. The molecule has 1 aromatic carbocycles. The number of carbonyl (C=O) groups excluding carboxylic acids is 1. The van der Waals surface area contributed by atoms with E-state index < -0.39 is 0 Å². The molecule has 5 heteroatoms. The van der Waals surface area contributed by atoms with Crippen LogP contribution < -0.4 is 5.32 Å². The second kappa shape index (κ2) is 5.74. The summed E-state index contributed by atoms with van der Waals surface area (Å²) in [7, 11) is 0. The molecule has 1 unspecified atom stereocenters. The summed E-state index contributed by atoms with van der Waals surface area (Å²) in [5, 5.41) is 12.9. The number of aryl methyl sites for hydroxylation is 1. The van der Waals surface area contributed by atoms with Gasteiger partial charge in [0.1, 0.15) is 5.75 Å². The summed E-state index contributed by atoms with van der Waals surface area (Å²) in [5.74, 6) is 0.0144. The lowest BCUT2D eigenvalue weighted by Crippen LogP contribution is -2.27. The van der Waals surface area contributed by atoms with Crippen LogP contribution in [0.15, 0.2) is 12.1 Å². The van der Waals surface area contributed by atoms with Crippen molar-refractivity contribution in [1.82, 2.24) is 0 Å². The van der Waals surface area contributed by atoms with Crippen molar-refractivity contribution in [3.8, 4) is 5.75 Å². The first-order valence-corrected chi connectivity index (χ1v) is 6.56. The molecule has 0 bridgehead atoms. The first kappa shape index (κ1) is 14.3. The minimum Gasteiger partial charge on any atom is -0.505 e. The lowest BCUT2D eigenvalue weighted by Gasteiger charge is -2.15. The van der Waals surface area contributed by atoms with Gasteiger partial charge in [-0.05, 0) is 30.5 Å². The first-order chi connectivity index (χ1) is 7.82. The highest BCUT2D eigenvalue weighted by atomic mass is 79.9. The highest BCUT2D eigenvalue weighted by Crippen LogP contribution is 2.31. The Labute approximate surface area is 114 Å². The first-order valence-electron chi connectivity index (χ1n) is 5.27. The number of rotatable bonds is 3. The van der Waals surface area contributed by atoms with Crippen LogP contribution in [-0.2, 0) is 4.79 Å². The summed E-state index contributed by atoms with van der Waals surface area (Å²) in [4.78, 5) is 11.5. The van der Waals surface area contributed by atoms with Crippen LogP contribution >= 0.6 is 27.5 Å². The zero-order chi connectivity index (χ0) is 13.2. The predicted octanol–water partition coefficient (Wildman–Crippen LogP) is 3.71. The van der Waals surface area contributed by atoms with Gasteiger partial charge in [-0.3, -0.25) is 4.79 Å². The van der Waals surface area contributed by atoms with E-state index in [4.69, 9.17) is 11.6 Å². The van der Waals surface area contributed by atoms with Gasteiger partial charge >= 0.3 is 0 Å². The summed E-state index contributed by atoms with van der Waals surface area (Å²) in [6, 6.07) is 3.17. The summed E-state index contributed by atoms with van der Waals surface area (Å²) >= 11 is 9.17. The number of anilines is 1. The molecule has 1 amide bonds. The molecule has 0 spiro atoms. The van der Waals surface area contributed by atoms with E-state index in [9.17, 15) is 9.90 Å². The van der Waals surface area contributed by atoms with Crippen molar-refractivity contribution in [2.75, 3.05) is 5.32 Å². The van der Waals surface area contributed by atoms with Crippen molar-refractivity contribution in [3.05, 3.63) is 22.7 Å². The number of hydrogen-bond acceptors (Lipinski definition) is 2. The van der Waals surface area contributed by atoms with Gasteiger partial charge in [0.2, 0.25) is 5.91 Å². The Morgan fingerprint density at radius 2 is 2.06 bits per heavy atom. The third-order valence-electron chi connectivity index (χ3n) is 2.36. The number of phenolic OH excluding ortho intramolecular Hbond substituents is 1. The van der Waals surface area contributed by atoms with Crippen LogP contribution in [0.1, 0.15) is 19.4 Å². The molecule has 1 atom stereocenters. The van der Waals surface area contributed by atoms with Crippen LogP contribution in [0.25, 0.3) is 0 Å². The molecule has 1 aromatic rings. The van der Waals surface area contributed by atoms with Gasteiger partial charge in [-0.15, -0.1) is 0 Å². The number of phenols is 1. The SMILES string of the molecule is Cc1cc(Cl)cc(NC(=O)C(Br)C(C)C)c1O. The Hall–Kier alpha value is -0.740. The van der Waals surface area contributed by atoms with Crippen LogP contribution in [0.2, 0.25) is 5.02 Å². The number of benzene rings is 1. The average Bonchev–Trinajstić information content (AvgIpc) is 2.23. The predicted molar refractivity (Wildman–Crippen MR) is 74.0 cm³/mol. The van der Waals surface area contributed by atoms with Crippen molar-refractivity contribution >= 4 is 39.1 Å². The maximum absolute atomic E-state index is 11.8. The van der Waals surface area contributed by atoms with E-state index in [0.717, 1.165) is 0 Å². The van der Waals surface area contributed by atoms with Gasteiger partial charge in [0.05, 0.1) is 10.5 Å². The van der Waals surface area contributed by atoms with Gasteiger partial charge in [0.25, 0.3) is 0 Å². The van der Waals surface area contributed by atoms with E-state index in [0.29, 0.717) is 16.3 Å². The maximum atomic E-state index is 11.8. The molecule has 0 saturated heterocycles. The summed E-state index contributed by atoms with van der Waals surface area (Å²) in [6.07, 6.45) is 0. The maximum Gasteiger partial charge on any atom is 0.238 e. The van der Waals surface area contributed by atoms with Crippen LogP contribution in [-0.4, -0.2) is 15.8 Å². The molecule has 0 aromatic heterocycles. The standard InChI is InChI=1S/C12H15BrClNO2/c1-6(2)10(13)12(17)15-9-5-8(14)4-7(3)11(9)16/h4-6,10,16H,1-3H3,(H,15,17). The topological polar surface area (TPSA) is 49.3 Å². The molecule has 0 heterocycles. The molecule has 0 aliphatic carbocycles. The van der Waals surface area contributed by atoms with Gasteiger partial charge in [-0.25, -0.2) is 0 Å². The van der Waals surface area contributed by atoms with Gasteiger partial charge < -0.3 is 10.4 Å². The van der Waals surface area contributed by atoms with Crippen LogP contribution in [0, 0.1) is 12.8 Å². The number of amides is 1. The lowest BCUT2D eigenvalue weighted by molar-refractivity contribution is -0.116. The van der Waals surface area contributed by atoms with Gasteiger partial charge in [-0.2, -0.15) is 0 Å². The zero-order valence-electron chi connectivity index (χ0n) is 9.92. The average molecular weight is 321 g/mol. The molecule has 0 radical (unpaired) electrons. The van der Waals surface area contributed by atoms with E-state index in [1.807, 2.05) is 13.8 Å². The molecule has 94 valence electrons. The molecule has 0 saturated carbocycles. The van der Waals surface area contributed by atoms with Gasteiger partial charge in [-0.1, -0.05) is 41.4 Å². The molecule has 1 rings (SSSR count). The Morgan fingerprint density at radius 1 is 1.47 bits per heavy atom. The number of nitrogens with one attached hydrogen (secondary N) is 1. The normalized spacial score (nSPS) is 12.6. The number of carbonyl (C=O) groups is 1. The summed E-state index contributed by atoms with van der Waals surface area (Å²) in [5.41, 5.74) is 0.966. The molecule has 0 aliphatic rings. The smallest absolute Gasteiger partial charge is 0.238 e. The monoisotopic (exact) mass is 319 g/mol. The second-order valence-electron chi connectivity index (χ2n) is 4.25. The van der Waals surface area contributed by atoms with Crippen LogP contribution in [0.4, 0.5) is 5.69 Å². The fourth-order valence-electron chi connectivity index (χ4n) is 1.34. The third kappa shape index (κ3) is 3.61. The van der Waals surface area contributed by atoms with Gasteiger partial charge in [0, 0.05) is 5.02 Å². The summed E-state index contributed by atoms with van der Waals surface area (Å²) in [6.45, 7) is 5.59. The number of hydrogen-bond donors (Lipinski definition) is 2. The van der Waals surface area contributed by atoms with Crippen LogP contribution in [0.3, 0.4) is 0 Å². The van der Waals surface area contributed by atoms with E-state index in [-0.39, 0.29) is 22.4 Å². The minimum atomic E-state index is -0.304. The Kier molecular flexibility index (Phi) is 4.83. The molecular formula is C12H15BrClNO2. The minimum absolute atomic E-state index is 0.0474. The van der Waals surface area contributed by atoms with Gasteiger partial charge in [0.15, 0.2) is 0 Å². The fraction of sp³-hybridized carbons (Fsp3) is 0.417.